The number of nitrogens with zero attached hydrogens (tertiary/aromatic N) is 1. The number of hydrogen-bond donors (Lipinski definition) is 2. The van der Waals surface area contributed by atoms with E-state index >= 15 is 0 Å². The zero-order valence-electron chi connectivity index (χ0n) is 13.9. The lowest BCUT2D eigenvalue weighted by Crippen LogP contribution is -2.38. The molecule has 2 N–H and O–H groups in total. The molecule has 0 spiro atoms. The average molecular weight is 349 g/mol. The highest BCUT2D eigenvalue weighted by Gasteiger charge is 2.05. The van der Waals surface area contributed by atoms with E-state index in [1.807, 2.05) is 36.4 Å². The van der Waals surface area contributed by atoms with Crippen LogP contribution >= 0.6 is 0 Å². The Kier molecular flexibility index (Phi) is 7.49. The van der Waals surface area contributed by atoms with Gasteiger partial charge in [0.1, 0.15) is 18.1 Å². The Morgan fingerprint density at radius 3 is 2.52 bits per heavy atom. The van der Waals surface area contributed by atoms with Gasteiger partial charge in [0.15, 0.2) is 5.96 Å². The lowest BCUT2D eigenvalue weighted by atomic mass is 10.2. The highest BCUT2D eigenvalue weighted by atomic mass is 19.3. The van der Waals surface area contributed by atoms with Crippen molar-refractivity contribution in [3.8, 4) is 11.5 Å². The van der Waals surface area contributed by atoms with E-state index in [1.54, 1.807) is 19.2 Å². The first kappa shape index (κ1) is 18.5. The molecule has 2 aromatic rings. The Balaban J connectivity index is 1.73. The number of alkyl halides is 2. The fourth-order valence-electron chi connectivity index (χ4n) is 2.09. The zero-order chi connectivity index (χ0) is 17.9. The molecule has 0 aliphatic heterocycles. The van der Waals surface area contributed by atoms with Gasteiger partial charge in [-0.05, 0) is 29.8 Å². The molecule has 0 aliphatic carbocycles. The second-order valence-electron chi connectivity index (χ2n) is 5.04. The fourth-order valence-corrected chi connectivity index (χ4v) is 2.09. The molecule has 0 saturated carbocycles. The minimum atomic E-state index is -2.83. The molecule has 25 heavy (non-hydrogen) atoms. The smallest absolute Gasteiger partial charge is 0.387 e. The lowest BCUT2D eigenvalue weighted by molar-refractivity contribution is -0.0498. The molecule has 7 heteroatoms. The van der Waals surface area contributed by atoms with Gasteiger partial charge in [-0.1, -0.05) is 30.3 Å². The van der Waals surface area contributed by atoms with E-state index in [9.17, 15) is 8.78 Å². The summed E-state index contributed by atoms with van der Waals surface area (Å²) in [6, 6.07) is 16.1. The number of guanidine groups is 1. The van der Waals surface area contributed by atoms with Crippen molar-refractivity contribution in [2.75, 3.05) is 20.2 Å². The van der Waals surface area contributed by atoms with Crippen LogP contribution in [0.1, 0.15) is 5.56 Å². The molecule has 0 heterocycles. The summed E-state index contributed by atoms with van der Waals surface area (Å²) in [5, 5.41) is 6.22. The van der Waals surface area contributed by atoms with E-state index in [-0.39, 0.29) is 5.75 Å². The molecule has 2 aromatic carbocycles. The van der Waals surface area contributed by atoms with Crippen LogP contribution in [0.4, 0.5) is 8.78 Å². The molecular weight excluding hydrogens is 328 g/mol. The minimum Gasteiger partial charge on any atom is -0.492 e. The maximum absolute atomic E-state index is 12.2. The third kappa shape index (κ3) is 7.07. The fraction of sp³-hybridized carbons (Fsp3) is 0.278. The highest BCUT2D eigenvalue weighted by molar-refractivity contribution is 5.79. The van der Waals surface area contributed by atoms with E-state index in [2.05, 4.69) is 20.4 Å². The van der Waals surface area contributed by atoms with E-state index in [4.69, 9.17) is 4.74 Å². The minimum absolute atomic E-state index is 0.133. The van der Waals surface area contributed by atoms with Crippen molar-refractivity contribution in [2.45, 2.75) is 13.2 Å². The number of para-hydroxylation sites is 1. The SMILES string of the molecule is CN=C(NCCOc1ccccc1)NCc1cccc(OC(F)F)c1. The molecule has 5 nitrogen and oxygen atoms in total. The number of aliphatic imine (C=N–C) groups is 1. The number of benzene rings is 2. The summed E-state index contributed by atoms with van der Waals surface area (Å²) >= 11 is 0. The van der Waals surface area contributed by atoms with Gasteiger partial charge in [0.05, 0.1) is 6.54 Å². The van der Waals surface area contributed by atoms with Crippen LogP contribution in [0, 0.1) is 0 Å². The Bertz CT molecular complexity index is 666. The number of hydrogen-bond acceptors (Lipinski definition) is 3. The van der Waals surface area contributed by atoms with E-state index in [0.29, 0.717) is 25.7 Å². The van der Waals surface area contributed by atoms with Gasteiger partial charge in [0, 0.05) is 13.6 Å². The molecule has 0 fully saturated rings. The third-order valence-corrected chi connectivity index (χ3v) is 3.21. The number of halogens is 2. The highest BCUT2D eigenvalue weighted by Crippen LogP contribution is 2.15. The monoisotopic (exact) mass is 349 g/mol. The summed E-state index contributed by atoms with van der Waals surface area (Å²) in [5.74, 6) is 1.54. The summed E-state index contributed by atoms with van der Waals surface area (Å²) in [4.78, 5) is 4.11. The molecule has 0 saturated heterocycles. The van der Waals surface area contributed by atoms with Gasteiger partial charge in [-0.3, -0.25) is 4.99 Å². The van der Waals surface area contributed by atoms with Crippen molar-refractivity contribution in [1.29, 1.82) is 0 Å². The maximum atomic E-state index is 12.2. The van der Waals surface area contributed by atoms with E-state index in [1.165, 1.54) is 6.07 Å². The van der Waals surface area contributed by atoms with Crippen LogP contribution in [0.2, 0.25) is 0 Å². The number of nitrogens with one attached hydrogen (secondary N) is 2. The Morgan fingerprint density at radius 2 is 1.80 bits per heavy atom. The molecule has 0 aliphatic rings. The summed E-state index contributed by atoms with van der Waals surface area (Å²) in [7, 11) is 1.66. The van der Waals surface area contributed by atoms with E-state index < -0.39 is 6.61 Å². The Morgan fingerprint density at radius 1 is 1.04 bits per heavy atom. The Hall–Kier alpha value is -2.83. The van der Waals surface area contributed by atoms with Crippen molar-refractivity contribution in [2.24, 2.45) is 4.99 Å². The summed E-state index contributed by atoms with van der Waals surface area (Å²) < 4.78 is 34.4. The van der Waals surface area contributed by atoms with Crippen LogP contribution in [-0.2, 0) is 6.54 Å². The quantitative estimate of drug-likeness (QED) is 0.437. The van der Waals surface area contributed by atoms with Crippen molar-refractivity contribution < 1.29 is 18.3 Å². The molecule has 134 valence electrons. The van der Waals surface area contributed by atoms with Crippen LogP contribution in [0.3, 0.4) is 0 Å². The topological polar surface area (TPSA) is 54.9 Å². The van der Waals surface area contributed by atoms with Crippen molar-refractivity contribution >= 4 is 5.96 Å². The van der Waals surface area contributed by atoms with Crippen molar-refractivity contribution in [3.05, 3.63) is 60.2 Å². The molecule has 2 rings (SSSR count). The van der Waals surface area contributed by atoms with Crippen molar-refractivity contribution in [3.63, 3.8) is 0 Å². The van der Waals surface area contributed by atoms with Crippen LogP contribution in [-0.4, -0.2) is 32.8 Å². The molecule has 0 aromatic heterocycles. The number of rotatable bonds is 8. The van der Waals surface area contributed by atoms with Gasteiger partial charge in [0.2, 0.25) is 0 Å². The Labute approximate surface area is 145 Å². The van der Waals surface area contributed by atoms with Crippen LogP contribution < -0.4 is 20.1 Å². The van der Waals surface area contributed by atoms with Crippen LogP contribution in [0.25, 0.3) is 0 Å². The second kappa shape index (κ2) is 10.1. The van der Waals surface area contributed by atoms with Gasteiger partial charge in [0.25, 0.3) is 0 Å². The molecule has 0 unspecified atom stereocenters. The standard InChI is InChI=1S/C18H21F2N3O2/c1-21-18(22-10-11-24-15-7-3-2-4-8-15)23-13-14-6-5-9-16(12-14)25-17(19)20/h2-9,12,17H,10-11,13H2,1H3,(H2,21,22,23). The predicted molar refractivity (Wildman–Crippen MR) is 93.2 cm³/mol. The van der Waals surface area contributed by atoms with Gasteiger partial charge >= 0.3 is 6.61 Å². The normalized spacial score (nSPS) is 11.3. The maximum Gasteiger partial charge on any atom is 0.387 e. The van der Waals surface area contributed by atoms with Gasteiger partial charge in [-0.2, -0.15) is 8.78 Å². The van der Waals surface area contributed by atoms with Crippen LogP contribution in [0.15, 0.2) is 59.6 Å². The second-order valence-corrected chi connectivity index (χ2v) is 5.04. The molecule has 0 bridgehead atoms. The van der Waals surface area contributed by atoms with Crippen LogP contribution in [0.5, 0.6) is 11.5 Å². The molecule has 0 atom stereocenters. The van der Waals surface area contributed by atoms with Gasteiger partial charge < -0.3 is 20.1 Å². The number of ether oxygens (including phenoxy) is 2. The molecule has 0 radical (unpaired) electrons. The summed E-state index contributed by atoms with van der Waals surface area (Å²) in [6.45, 7) is -1.34. The summed E-state index contributed by atoms with van der Waals surface area (Å²) in [5.41, 5.74) is 0.807. The first-order valence-electron chi connectivity index (χ1n) is 7.83. The van der Waals surface area contributed by atoms with E-state index in [0.717, 1.165) is 11.3 Å². The van der Waals surface area contributed by atoms with Gasteiger partial charge in [-0.15, -0.1) is 0 Å². The van der Waals surface area contributed by atoms with Gasteiger partial charge in [-0.25, -0.2) is 0 Å². The average Bonchev–Trinajstić information content (AvgIpc) is 2.62. The first-order chi connectivity index (χ1) is 12.2. The third-order valence-electron chi connectivity index (χ3n) is 3.21. The predicted octanol–water partition coefficient (Wildman–Crippen LogP) is 3.03. The molecule has 0 amide bonds. The molecular formula is C18H21F2N3O2. The lowest BCUT2D eigenvalue weighted by Gasteiger charge is -2.13. The van der Waals surface area contributed by atoms with Crippen molar-refractivity contribution in [1.82, 2.24) is 10.6 Å². The first-order valence-corrected chi connectivity index (χ1v) is 7.83. The largest absolute Gasteiger partial charge is 0.492 e. The summed E-state index contributed by atoms with van der Waals surface area (Å²) in [6.07, 6.45) is 0. The zero-order valence-corrected chi connectivity index (χ0v) is 13.9.